The van der Waals surface area contributed by atoms with Crippen LogP contribution in [0.5, 0.6) is 5.75 Å². The molecule has 0 radical (unpaired) electrons. The molecule has 0 saturated carbocycles. The number of aromatic nitrogens is 3. The summed E-state index contributed by atoms with van der Waals surface area (Å²) in [6.07, 6.45) is 2.24. The standard InChI is InChI=1S/C31H27BrFN5O3/c1-4-29-36-28-14-5-22(32)16-27(28)31(40)38(29)34-17-21-15-19(2)37(20(21)3)25-10-12-26(13-11-25)41-18-30(39)35-24-8-6-23(33)7-9-24/h5-17H,4,18H2,1-3H3,(H,35,39). The Balaban J connectivity index is 1.32. The van der Waals surface area contributed by atoms with Gasteiger partial charge in [-0.2, -0.15) is 9.78 Å². The van der Waals surface area contributed by atoms with Crippen molar-refractivity contribution in [3.63, 3.8) is 0 Å². The lowest BCUT2D eigenvalue weighted by Crippen LogP contribution is -2.22. The maximum absolute atomic E-state index is 13.2. The molecular weight excluding hydrogens is 589 g/mol. The molecule has 0 aliphatic heterocycles. The number of benzene rings is 3. The van der Waals surface area contributed by atoms with Crippen molar-refractivity contribution >= 4 is 44.6 Å². The molecule has 0 spiro atoms. The fourth-order valence-corrected chi connectivity index (χ4v) is 4.91. The topological polar surface area (TPSA) is 90.5 Å². The van der Waals surface area contributed by atoms with E-state index in [1.165, 1.54) is 28.9 Å². The molecule has 10 heteroatoms. The molecule has 208 valence electrons. The monoisotopic (exact) mass is 615 g/mol. The summed E-state index contributed by atoms with van der Waals surface area (Å²) in [7, 11) is 0. The first-order chi connectivity index (χ1) is 19.7. The van der Waals surface area contributed by atoms with E-state index >= 15 is 0 Å². The van der Waals surface area contributed by atoms with Crippen molar-refractivity contribution in [2.75, 3.05) is 11.9 Å². The second-order valence-corrected chi connectivity index (χ2v) is 10.3. The minimum absolute atomic E-state index is 0.182. The Morgan fingerprint density at radius 3 is 2.51 bits per heavy atom. The highest BCUT2D eigenvalue weighted by Crippen LogP contribution is 2.23. The Hall–Kier alpha value is -4.57. The van der Waals surface area contributed by atoms with Crippen LogP contribution in [0.4, 0.5) is 10.1 Å². The first kappa shape index (κ1) is 28.0. The van der Waals surface area contributed by atoms with Gasteiger partial charge in [-0.05, 0) is 86.6 Å². The van der Waals surface area contributed by atoms with Crippen molar-refractivity contribution < 1.29 is 13.9 Å². The lowest BCUT2D eigenvalue weighted by molar-refractivity contribution is -0.118. The fraction of sp³-hybridized carbons (Fsp3) is 0.161. The summed E-state index contributed by atoms with van der Waals surface area (Å²) in [4.78, 5) is 30.0. The summed E-state index contributed by atoms with van der Waals surface area (Å²) < 4.78 is 22.9. The van der Waals surface area contributed by atoms with Gasteiger partial charge < -0.3 is 14.6 Å². The van der Waals surface area contributed by atoms with Crippen LogP contribution in [0.2, 0.25) is 0 Å². The first-order valence-electron chi connectivity index (χ1n) is 13.0. The van der Waals surface area contributed by atoms with Crippen LogP contribution < -0.4 is 15.6 Å². The number of nitrogens with zero attached hydrogens (tertiary/aromatic N) is 4. The number of anilines is 1. The average molecular weight is 616 g/mol. The molecular formula is C31H27BrFN5O3. The molecule has 1 N–H and O–H groups in total. The van der Waals surface area contributed by atoms with Crippen LogP contribution in [0.1, 0.15) is 29.7 Å². The molecule has 5 aromatic rings. The molecule has 0 aliphatic rings. The highest BCUT2D eigenvalue weighted by atomic mass is 79.9. The number of halogens is 2. The van der Waals surface area contributed by atoms with E-state index in [1.807, 2.05) is 51.1 Å². The molecule has 5 rings (SSSR count). The van der Waals surface area contributed by atoms with Crippen LogP contribution in [0, 0.1) is 19.7 Å². The third-order valence-electron chi connectivity index (χ3n) is 6.57. The predicted octanol–water partition coefficient (Wildman–Crippen LogP) is 6.17. The summed E-state index contributed by atoms with van der Waals surface area (Å²) in [6, 6.07) is 20.4. The van der Waals surface area contributed by atoms with Crippen molar-refractivity contribution in [2.45, 2.75) is 27.2 Å². The summed E-state index contributed by atoms with van der Waals surface area (Å²) in [6.45, 7) is 5.74. The van der Waals surface area contributed by atoms with E-state index in [0.717, 1.165) is 27.1 Å². The van der Waals surface area contributed by atoms with E-state index in [9.17, 15) is 14.0 Å². The number of hydrogen-bond acceptors (Lipinski definition) is 5. The Bertz CT molecular complexity index is 1830. The normalized spacial score (nSPS) is 11.3. The Morgan fingerprint density at radius 1 is 1.07 bits per heavy atom. The van der Waals surface area contributed by atoms with Crippen molar-refractivity contribution in [3.8, 4) is 11.4 Å². The molecule has 3 aromatic carbocycles. The molecule has 2 aromatic heterocycles. The van der Waals surface area contributed by atoms with Crippen LogP contribution in [0.25, 0.3) is 16.6 Å². The van der Waals surface area contributed by atoms with Gasteiger partial charge in [0.25, 0.3) is 11.5 Å². The second kappa shape index (κ2) is 11.9. The number of hydrogen-bond donors (Lipinski definition) is 1. The van der Waals surface area contributed by atoms with Crippen LogP contribution in [0.15, 0.2) is 87.2 Å². The highest BCUT2D eigenvalue weighted by Gasteiger charge is 2.13. The molecule has 41 heavy (non-hydrogen) atoms. The summed E-state index contributed by atoms with van der Waals surface area (Å²) in [5, 5.41) is 7.70. The van der Waals surface area contributed by atoms with Crippen LogP contribution in [-0.2, 0) is 11.2 Å². The second-order valence-electron chi connectivity index (χ2n) is 9.40. The molecule has 0 fully saturated rings. The number of amides is 1. The zero-order valence-corrected chi connectivity index (χ0v) is 24.3. The maximum atomic E-state index is 13.2. The summed E-state index contributed by atoms with van der Waals surface area (Å²) in [5.74, 6) is 0.399. The van der Waals surface area contributed by atoms with Crippen LogP contribution in [0.3, 0.4) is 0 Å². The van der Waals surface area contributed by atoms with Crippen LogP contribution in [-0.4, -0.2) is 33.0 Å². The number of carbonyl (C=O) groups excluding carboxylic acids is 1. The largest absolute Gasteiger partial charge is 0.484 e. The van der Waals surface area contributed by atoms with Crippen molar-refractivity contribution in [2.24, 2.45) is 5.10 Å². The van der Waals surface area contributed by atoms with Gasteiger partial charge in [-0.15, -0.1) is 0 Å². The van der Waals surface area contributed by atoms with E-state index in [2.05, 4.69) is 35.9 Å². The van der Waals surface area contributed by atoms with Crippen molar-refractivity contribution in [3.05, 3.63) is 116 Å². The van der Waals surface area contributed by atoms with Gasteiger partial charge in [0.2, 0.25) is 0 Å². The Kier molecular flexibility index (Phi) is 8.11. The third kappa shape index (κ3) is 6.12. The van der Waals surface area contributed by atoms with E-state index in [-0.39, 0.29) is 23.9 Å². The summed E-state index contributed by atoms with van der Waals surface area (Å²) >= 11 is 3.43. The van der Waals surface area contributed by atoms with E-state index in [0.29, 0.717) is 34.6 Å². The molecule has 2 heterocycles. The fourth-order valence-electron chi connectivity index (χ4n) is 4.55. The number of fused-ring (bicyclic) bond motifs is 1. The number of ether oxygens (including phenoxy) is 1. The summed E-state index contributed by atoms with van der Waals surface area (Å²) in [5.41, 5.74) is 4.62. The van der Waals surface area contributed by atoms with E-state index in [4.69, 9.17) is 4.74 Å². The highest BCUT2D eigenvalue weighted by molar-refractivity contribution is 9.10. The van der Waals surface area contributed by atoms with Gasteiger partial charge in [-0.3, -0.25) is 9.59 Å². The van der Waals surface area contributed by atoms with Gasteiger partial charge in [0, 0.05) is 39.2 Å². The minimum Gasteiger partial charge on any atom is -0.484 e. The maximum Gasteiger partial charge on any atom is 0.282 e. The number of aryl methyl sites for hydroxylation is 2. The lowest BCUT2D eigenvalue weighted by atomic mass is 10.2. The zero-order valence-electron chi connectivity index (χ0n) is 22.7. The van der Waals surface area contributed by atoms with Gasteiger partial charge in [0.1, 0.15) is 17.4 Å². The average Bonchev–Trinajstić information content (AvgIpc) is 3.25. The van der Waals surface area contributed by atoms with Crippen molar-refractivity contribution in [1.82, 2.24) is 14.2 Å². The van der Waals surface area contributed by atoms with Gasteiger partial charge in [0.15, 0.2) is 6.61 Å². The van der Waals surface area contributed by atoms with Gasteiger partial charge >= 0.3 is 0 Å². The lowest BCUT2D eigenvalue weighted by Gasteiger charge is -2.12. The molecule has 0 bridgehead atoms. The molecule has 0 atom stereocenters. The van der Waals surface area contributed by atoms with Crippen molar-refractivity contribution in [1.29, 1.82) is 0 Å². The number of carbonyl (C=O) groups is 1. The van der Waals surface area contributed by atoms with Gasteiger partial charge in [-0.25, -0.2) is 9.37 Å². The SMILES string of the molecule is CCc1nc2ccc(Br)cc2c(=O)n1N=Cc1cc(C)n(-c2ccc(OCC(=O)Nc3ccc(F)cc3)cc2)c1C. The molecule has 0 unspecified atom stereocenters. The van der Waals surface area contributed by atoms with Gasteiger partial charge in [0.05, 0.1) is 17.1 Å². The van der Waals surface area contributed by atoms with Crippen LogP contribution >= 0.6 is 15.9 Å². The number of nitrogens with one attached hydrogen (secondary N) is 1. The molecule has 0 saturated heterocycles. The van der Waals surface area contributed by atoms with E-state index in [1.54, 1.807) is 24.4 Å². The Morgan fingerprint density at radius 2 is 1.80 bits per heavy atom. The molecule has 1 amide bonds. The first-order valence-corrected chi connectivity index (χ1v) is 13.8. The minimum atomic E-state index is -0.371. The molecule has 8 nitrogen and oxygen atoms in total. The Labute approximate surface area is 244 Å². The third-order valence-corrected chi connectivity index (χ3v) is 7.06. The smallest absolute Gasteiger partial charge is 0.282 e. The predicted molar refractivity (Wildman–Crippen MR) is 162 cm³/mol. The molecule has 0 aliphatic carbocycles. The quantitative estimate of drug-likeness (QED) is 0.211. The zero-order chi connectivity index (χ0) is 29.1. The number of rotatable bonds is 8. The van der Waals surface area contributed by atoms with E-state index < -0.39 is 0 Å². The van der Waals surface area contributed by atoms with Gasteiger partial charge in [-0.1, -0.05) is 22.9 Å².